The van der Waals surface area contributed by atoms with Gasteiger partial charge >= 0.3 is 0 Å². The van der Waals surface area contributed by atoms with Gasteiger partial charge in [-0.1, -0.05) is 150 Å². The monoisotopic (exact) mass is 838 g/mol. The summed E-state index contributed by atoms with van der Waals surface area (Å²) in [5, 5.41) is 0. The summed E-state index contributed by atoms with van der Waals surface area (Å²) in [7, 11) is 1.63. The average Bonchev–Trinajstić information content (AvgIpc) is 3.92. The van der Waals surface area contributed by atoms with Gasteiger partial charge in [-0.15, -0.1) is 0 Å². The Morgan fingerprint density at radius 1 is 0.571 bits per heavy atom. The molecule has 4 nitrogen and oxygen atoms in total. The predicted octanol–water partition coefficient (Wildman–Crippen LogP) is 15.6. The second-order valence-electron chi connectivity index (χ2n) is 16.9. The van der Waals surface area contributed by atoms with Crippen LogP contribution in [-0.2, 0) is 10.8 Å². The minimum atomic E-state index is -3.92. The molecule has 0 radical (unpaired) electrons. The molecule has 0 N–H and O–H groups in total. The van der Waals surface area contributed by atoms with Crippen molar-refractivity contribution in [2.75, 3.05) is 7.11 Å². The number of aryl methyl sites for hydroxylation is 2. The number of pyridine rings is 1. The fourth-order valence-electron chi connectivity index (χ4n) is 8.06. The molecule has 0 aliphatic carbocycles. The number of fused-ring (bicyclic) bond motifs is 1. The van der Waals surface area contributed by atoms with Gasteiger partial charge in [0.05, 0.1) is 39.0 Å². The van der Waals surface area contributed by atoms with Gasteiger partial charge in [0.2, 0.25) is 0 Å². The Morgan fingerprint density at radius 2 is 1.24 bits per heavy atom. The summed E-state index contributed by atoms with van der Waals surface area (Å²) in [6, 6.07) is 35.2. The number of para-hydroxylation sites is 1. The molecule has 9 aromatic rings. The van der Waals surface area contributed by atoms with Crippen LogP contribution in [0, 0.1) is 13.8 Å². The molecule has 63 heavy (non-hydrogen) atoms. The molecule has 0 amide bonds. The largest absolute Gasteiger partial charge is 0.496 e. The number of aromatic nitrogens is 3. The molecule has 312 valence electrons. The lowest BCUT2D eigenvalue weighted by Gasteiger charge is -2.23. The zero-order chi connectivity index (χ0) is 57.6. The van der Waals surface area contributed by atoms with Crippen LogP contribution in [0.2, 0.25) is 0 Å². The van der Waals surface area contributed by atoms with Gasteiger partial charge in [-0.3, -0.25) is 9.55 Å². The van der Waals surface area contributed by atoms with Crippen molar-refractivity contribution >= 4 is 11.0 Å². The molecule has 9 rings (SSSR count). The third-order valence-corrected chi connectivity index (χ3v) is 11.2. The molecule has 4 heteroatoms. The van der Waals surface area contributed by atoms with Crippen LogP contribution in [0.5, 0.6) is 5.75 Å². The Bertz CT molecular complexity index is 3810. The molecule has 7 aromatic carbocycles. The summed E-state index contributed by atoms with van der Waals surface area (Å²) in [4.78, 5) is 9.95. The standard InChI is InChI=1S/C59H55N3O/c1-38-29-39(2)56(63-9)52(30-38)57-61-55-51(21-16-22-54(55)62(57)50-35-45(41-19-14-11-15-20-41)34-49(37-50)59(6,7)8)46-31-44(40-17-12-10-13-18-40)32-47(33-46)53-36-43(27-28-60-53)42-23-25-48(26-24-42)58(3,4)5/h10-37H,1-9H3/i3D3,4D3,5D3,23D,24D,25D,26D,27D,28D,36D. The smallest absolute Gasteiger partial charge is 0.149 e. The maximum Gasteiger partial charge on any atom is 0.149 e. The fraction of sp³-hybridized carbons (Fsp3) is 0.186. The first-order valence-corrected chi connectivity index (χ1v) is 20.6. The molecular formula is C59H55N3O. The molecular weight excluding hydrogens is 767 g/mol. The molecule has 2 aromatic heterocycles. The number of rotatable bonds is 8. The zero-order valence-electron chi connectivity index (χ0n) is 51.9. The lowest BCUT2D eigenvalue weighted by atomic mass is 9.85. The van der Waals surface area contributed by atoms with Crippen molar-refractivity contribution in [3.63, 3.8) is 0 Å². The lowest BCUT2D eigenvalue weighted by Crippen LogP contribution is -2.12. The summed E-state index contributed by atoms with van der Waals surface area (Å²) in [5.41, 5.74) is 3.71. The van der Waals surface area contributed by atoms with Crippen molar-refractivity contribution in [1.29, 1.82) is 0 Å². The van der Waals surface area contributed by atoms with Gasteiger partial charge in [-0.05, 0) is 140 Å². The molecule has 0 saturated heterocycles. The first-order valence-electron chi connectivity index (χ1n) is 28.6. The number of hydrogen-bond acceptors (Lipinski definition) is 3. The van der Waals surface area contributed by atoms with Crippen LogP contribution in [-0.4, -0.2) is 21.6 Å². The van der Waals surface area contributed by atoms with Crippen LogP contribution in [0.4, 0.5) is 0 Å². The first kappa shape index (κ1) is 26.4. The molecule has 0 atom stereocenters. The molecule has 0 bridgehead atoms. The van der Waals surface area contributed by atoms with Gasteiger partial charge in [0.15, 0.2) is 0 Å². The van der Waals surface area contributed by atoms with Gasteiger partial charge in [0.25, 0.3) is 0 Å². The minimum Gasteiger partial charge on any atom is -0.496 e. The van der Waals surface area contributed by atoms with Crippen LogP contribution >= 0.6 is 0 Å². The van der Waals surface area contributed by atoms with E-state index in [0.717, 1.165) is 50.1 Å². The van der Waals surface area contributed by atoms with E-state index in [0.29, 0.717) is 33.8 Å². The minimum absolute atomic E-state index is 0.205. The summed E-state index contributed by atoms with van der Waals surface area (Å²) in [6.07, 6.45) is -0.726. The average molecular weight is 838 g/mol. The van der Waals surface area contributed by atoms with Gasteiger partial charge in [-0.2, -0.15) is 0 Å². The fourth-order valence-corrected chi connectivity index (χ4v) is 8.06. The third kappa shape index (κ3) is 8.22. The van der Waals surface area contributed by atoms with E-state index in [1.807, 2.05) is 92.7 Å². The number of imidazole rings is 1. The summed E-state index contributed by atoms with van der Waals surface area (Å²) in [5.74, 6) is 1.24. The maximum atomic E-state index is 9.73. The van der Waals surface area contributed by atoms with E-state index in [1.54, 1.807) is 19.2 Å². The number of nitrogens with zero attached hydrogens (tertiary/aromatic N) is 3. The number of methoxy groups -OCH3 is 1. The number of ether oxygens (including phenoxy) is 1. The van der Waals surface area contributed by atoms with Gasteiger partial charge < -0.3 is 4.74 Å². The highest BCUT2D eigenvalue weighted by Crippen LogP contribution is 2.43. The summed E-state index contributed by atoms with van der Waals surface area (Å²) in [6.45, 7) is -1.25. The first-order chi connectivity index (χ1) is 36.9. The van der Waals surface area contributed by atoms with Crippen LogP contribution in [0.1, 0.15) is 85.5 Å². The maximum absolute atomic E-state index is 9.73. The molecule has 0 unspecified atom stereocenters. The van der Waals surface area contributed by atoms with Crippen LogP contribution in [0.15, 0.2) is 170 Å². The van der Waals surface area contributed by atoms with E-state index in [2.05, 4.69) is 66.7 Å². The van der Waals surface area contributed by atoms with E-state index in [9.17, 15) is 4.11 Å². The van der Waals surface area contributed by atoms with Crippen LogP contribution in [0.25, 0.3) is 83.9 Å². The van der Waals surface area contributed by atoms with Crippen LogP contribution < -0.4 is 4.74 Å². The lowest BCUT2D eigenvalue weighted by molar-refractivity contribution is 0.413. The molecule has 0 fully saturated rings. The normalized spacial score (nSPS) is 16.2. The van der Waals surface area contributed by atoms with E-state index in [-0.39, 0.29) is 16.7 Å². The summed E-state index contributed by atoms with van der Waals surface area (Å²) >= 11 is 0. The molecule has 0 aliphatic rings. The SMILES string of the molecule is [2H]c1nc(-c2cc(-c3ccccc3)cc(-c3cccc4c3nc(-c3cc(C)cc(C)c3OC)n4-c3cc(-c4ccccc4)cc(C(C)(C)C)c3)c2)c([2H])c(-c2c([2H])c([2H])c(C(C([2H])([2H])[2H])(C([2H])([2H])[2H])C([2H])([2H])[2H])c([2H])c2[2H])c1[2H]. The van der Waals surface area contributed by atoms with Gasteiger partial charge in [0.1, 0.15) is 11.6 Å². The Morgan fingerprint density at radius 3 is 1.90 bits per heavy atom. The van der Waals surface area contributed by atoms with Crippen LogP contribution in [0.3, 0.4) is 0 Å². The van der Waals surface area contributed by atoms with Crippen molar-refractivity contribution in [2.45, 2.75) is 66.0 Å². The van der Waals surface area contributed by atoms with Crippen molar-refractivity contribution in [3.8, 4) is 78.6 Å². The van der Waals surface area contributed by atoms with E-state index in [4.69, 9.17) is 27.5 Å². The quantitative estimate of drug-likeness (QED) is 0.153. The Hall–Kier alpha value is -7.04. The third-order valence-electron chi connectivity index (χ3n) is 11.2. The van der Waals surface area contributed by atoms with Crippen molar-refractivity contribution in [2.24, 2.45) is 0 Å². The van der Waals surface area contributed by atoms with Gasteiger partial charge in [-0.25, -0.2) is 4.98 Å². The number of benzene rings is 7. The predicted molar refractivity (Wildman–Crippen MR) is 265 cm³/mol. The highest BCUT2D eigenvalue weighted by atomic mass is 16.5. The summed E-state index contributed by atoms with van der Waals surface area (Å²) < 4.78 is 147. The van der Waals surface area contributed by atoms with E-state index in [1.165, 1.54) is 0 Å². The van der Waals surface area contributed by atoms with E-state index >= 15 is 0 Å². The van der Waals surface area contributed by atoms with Crippen molar-refractivity contribution in [3.05, 3.63) is 192 Å². The molecule has 2 heterocycles. The second-order valence-corrected chi connectivity index (χ2v) is 16.9. The Kier molecular flexibility index (Phi) is 6.86. The molecule has 0 saturated carbocycles. The topological polar surface area (TPSA) is 39.9 Å². The Labute approximate surface area is 395 Å². The highest BCUT2D eigenvalue weighted by Gasteiger charge is 2.24. The van der Waals surface area contributed by atoms with Gasteiger partial charge in [0, 0.05) is 35.3 Å². The highest BCUT2D eigenvalue weighted by molar-refractivity contribution is 5.98. The Balaban J connectivity index is 1.34. The molecule has 0 aliphatic heterocycles. The second kappa shape index (κ2) is 16.3. The number of hydrogen-bond donors (Lipinski definition) is 0. The van der Waals surface area contributed by atoms with E-state index < -0.39 is 85.1 Å². The molecule has 0 spiro atoms. The zero-order valence-corrected chi connectivity index (χ0v) is 35.9. The van der Waals surface area contributed by atoms with Crippen molar-refractivity contribution < 1.29 is 26.7 Å². The van der Waals surface area contributed by atoms with Crippen molar-refractivity contribution in [1.82, 2.24) is 14.5 Å².